The lowest BCUT2D eigenvalue weighted by Crippen LogP contribution is -2.20. The lowest BCUT2D eigenvalue weighted by molar-refractivity contribution is -0.118. The molecule has 0 radical (unpaired) electrons. The Morgan fingerprint density at radius 2 is 1.61 bits per heavy atom. The van der Waals surface area contributed by atoms with Crippen LogP contribution in [-0.4, -0.2) is 22.7 Å². The molecule has 0 aliphatic rings. The van der Waals surface area contributed by atoms with Gasteiger partial charge in [-0.15, -0.1) is 0 Å². The summed E-state index contributed by atoms with van der Waals surface area (Å²) in [5.41, 5.74) is 2.36. The van der Waals surface area contributed by atoms with Gasteiger partial charge in [0, 0.05) is 5.69 Å². The second kappa shape index (κ2) is 9.58. The molecule has 0 bridgehead atoms. The Morgan fingerprint density at radius 1 is 0.903 bits per heavy atom. The van der Waals surface area contributed by atoms with E-state index >= 15 is 0 Å². The van der Waals surface area contributed by atoms with Gasteiger partial charge < -0.3 is 19.3 Å². The third-order valence-corrected chi connectivity index (χ3v) is 4.46. The number of ether oxygens (including phenoxy) is 2. The molecule has 156 valence electrons. The topological polar surface area (TPSA) is 86.5 Å². The summed E-state index contributed by atoms with van der Waals surface area (Å²) in [5, 5.41) is 6.81. The molecule has 1 aromatic heterocycles. The third-order valence-electron chi connectivity index (χ3n) is 4.46. The monoisotopic (exact) mass is 415 g/mol. The van der Waals surface area contributed by atoms with Crippen molar-refractivity contribution in [1.29, 1.82) is 0 Å². The van der Waals surface area contributed by atoms with E-state index in [1.165, 1.54) is 0 Å². The van der Waals surface area contributed by atoms with Crippen LogP contribution in [0.5, 0.6) is 11.5 Å². The molecule has 1 heterocycles. The summed E-state index contributed by atoms with van der Waals surface area (Å²) >= 11 is 0. The average molecular weight is 415 g/mol. The Morgan fingerprint density at radius 3 is 2.42 bits per heavy atom. The number of amides is 1. The zero-order valence-electron chi connectivity index (χ0n) is 16.9. The molecule has 0 saturated carbocycles. The molecule has 1 amide bonds. The van der Waals surface area contributed by atoms with Crippen molar-refractivity contribution < 1.29 is 18.8 Å². The van der Waals surface area contributed by atoms with Crippen LogP contribution in [0.1, 0.15) is 11.5 Å². The fourth-order valence-corrected chi connectivity index (χ4v) is 2.92. The SMILES string of the molecule is Cc1ccccc1OCc1nc(-c2ccccc2OCC(=O)Nc2ccccc2)no1. The first-order valence-electron chi connectivity index (χ1n) is 9.77. The number of aromatic nitrogens is 2. The molecular weight excluding hydrogens is 394 g/mol. The summed E-state index contributed by atoms with van der Waals surface area (Å²) in [6, 6.07) is 24.1. The Kier molecular flexibility index (Phi) is 6.23. The summed E-state index contributed by atoms with van der Waals surface area (Å²) < 4.78 is 16.8. The van der Waals surface area contributed by atoms with Crippen LogP contribution in [-0.2, 0) is 11.4 Å². The predicted molar refractivity (Wildman–Crippen MR) is 116 cm³/mol. The molecule has 0 unspecified atom stereocenters. The van der Waals surface area contributed by atoms with Crippen molar-refractivity contribution in [3.63, 3.8) is 0 Å². The molecule has 0 fully saturated rings. The molecule has 4 rings (SSSR count). The molecule has 1 N–H and O–H groups in total. The molecule has 7 heteroatoms. The smallest absolute Gasteiger partial charge is 0.264 e. The summed E-state index contributed by atoms with van der Waals surface area (Å²) in [7, 11) is 0. The molecule has 3 aromatic carbocycles. The van der Waals surface area contributed by atoms with E-state index in [-0.39, 0.29) is 19.1 Å². The Hall–Kier alpha value is -4.13. The largest absolute Gasteiger partial charge is 0.483 e. The highest BCUT2D eigenvalue weighted by atomic mass is 16.5. The van der Waals surface area contributed by atoms with E-state index in [0.717, 1.165) is 11.3 Å². The first-order chi connectivity index (χ1) is 15.2. The van der Waals surface area contributed by atoms with Gasteiger partial charge >= 0.3 is 0 Å². The van der Waals surface area contributed by atoms with Crippen molar-refractivity contribution in [3.8, 4) is 22.9 Å². The third kappa shape index (κ3) is 5.27. The van der Waals surface area contributed by atoms with Crippen molar-refractivity contribution in [2.24, 2.45) is 0 Å². The molecule has 0 spiro atoms. The lowest BCUT2D eigenvalue weighted by Gasteiger charge is -2.09. The molecule has 31 heavy (non-hydrogen) atoms. The minimum atomic E-state index is -0.263. The van der Waals surface area contributed by atoms with E-state index in [0.29, 0.717) is 28.7 Å². The molecule has 4 aromatic rings. The number of hydrogen-bond donors (Lipinski definition) is 1. The number of aryl methyl sites for hydroxylation is 1. The first kappa shape index (κ1) is 20.2. The van der Waals surface area contributed by atoms with Crippen LogP contribution in [0.25, 0.3) is 11.4 Å². The molecule has 7 nitrogen and oxygen atoms in total. The van der Waals surface area contributed by atoms with Crippen LogP contribution in [0.4, 0.5) is 5.69 Å². The first-order valence-corrected chi connectivity index (χ1v) is 9.77. The highest BCUT2D eigenvalue weighted by Gasteiger charge is 2.15. The van der Waals surface area contributed by atoms with Gasteiger partial charge in [-0.1, -0.05) is 53.7 Å². The zero-order chi connectivity index (χ0) is 21.5. The maximum absolute atomic E-state index is 12.2. The predicted octanol–water partition coefficient (Wildman–Crippen LogP) is 4.64. The van der Waals surface area contributed by atoms with E-state index in [9.17, 15) is 4.79 Å². The summed E-state index contributed by atoms with van der Waals surface area (Å²) in [6.45, 7) is 1.98. The Bertz CT molecular complexity index is 1160. The number of nitrogens with one attached hydrogen (secondary N) is 1. The van der Waals surface area contributed by atoms with Gasteiger partial charge in [-0.3, -0.25) is 4.79 Å². The number of para-hydroxylation sites is 3. The van der Waals surface area contributed by atoms with E-state index in [2.05, 4.69) is 15.5 Å². The Labute approximate surface area is 179 Å². The zero-order valence-corrected chi connectivity index (χ0v) is 16.9. The Balaban J connectivity index is 1.40. The van der Waals surface area contributed by atoms with Crippen LogP contribution in [0.2, 0.25) is 0 Å². The van der Waals surface area contributed by atoms with E-state index in [1.54, 1.807) is 12.1 Å². The minimum absolute atomic E-state index is 0.146. The highest BCUT2D eigenvalue weighted by Crippen LogP contribution is 2.28. The molecule has 0 saturated heterocycles. The van der Waals surface area contributed by atoms with Gasteiger partial charge in [0.1, 0.15) is 11.5 Å². The second-order valence-corrected chi connectivity index (χ2v) is 6.76. The average Bonchev–Trinajstić information content (AvgIpc) is 3.27. The van der Waals surface area contributed by atoms with Crippen LogP contribution in [0, 0.1) is 6.92 Å². The second-order valence-electron chi connectivity index (χ2n) is 6.76. The van der Waals surface area contributed by atoms with E-state index < -0.39 is 0 Å². The van der Waals surface area contributed by atoms with Gasteiger partial charge in [0.05, 0.1) is 5.56 Å². The maximum Gasteiger partial charge on any atom is 0.264 e. The van der Waals surface area contributed by atoms with E-state index in [1.807, 2.05) is 73.7 Å². The van der Waals surface area contributed by atoms with Gasteiger partial charge in [-0.25, -0.2) is 0 Å². The van der Waals surface area contributed by atoms with Crippen molar-refractivity contribution in [3.05, 3.63) is 90.3 Å². The van der Waals surface area contributed by atoms with Crippen molar-refractivity contribution >= 4 is 11.6 Å². The standard InChI is InChI=1S/C24H21N3O4/c1-17-9-5-7-13-20(17)30-16-23-26-24(27-31-23)19-12-6-8-14-21(19)29-15-22(28)25-18-10-3-2-4-11-18/h2-14H,15-16H2,1H3,(H,25,28). The minimum Gasteiger partial charge on any atom is -0.483 e. The molecular formula is C24H21N3O4. The van der Waals surface area contributed by atoms with Crippen LogP contribution >= 0.6 is 0 Å². The summed E-state index contributed by atoms with van der Waals surface area (Å²) in [4.78, 5) is 16.6. The van der Waals surface area contributed by atoms with Crippen LogP contribution in [0.3, 0.4) is 0 Å². The number of carbonyl (C=O) groups excluding carboxylic acids is 1. The van der Waals surface area contributed by atoms with Crippen molar-refractivity contribution in [2.45, 2.75) is 13.5 Å². The summed E-state index contributed by atoms with van der Waals surface area (Å²) in [5.74, 6) is 1.69. The van der Waals surface area contributed by atoms with E-state index in [4.69, 9.17) is 14.0 Å². The van der Waals surface area contributed by atoms with Crippen LogP contribution in [0.15, 0.2) is 83.4 Å². The van der Waals surface area contributed by atoms with Crippen LogP contribution < -0.4 is 14.8 Å². The number of benzene rings is 3. The van der Waals surface area contributed by atoms with Gasteiger partial charge in [0.2, 0.25) is 5.82 Å². The molecule has 0 aliphatic carbocycles. The quantitative estimate of drug-likeness (QED) is 0.451. The highest BCUT2D eigenvalue weighted by molar-refractivity contribution is 5.91. The number of carbonyl (C=O) groups is 1. The fraction of sp³-hybridized carbons (Fsp3) is 0.125. The van der Waals surface area contributed by atoms with Crippen molar-refractivity contribution in [1.82, 2.24) is 10.1 Å². The lowest BCUT2D eigenvalue weighted by atomic mass is 10.2. The number of hydrogen-bond acceptors (Lipinski definition) is 6. The number of rotatable bonds is 8. The fourth-order valence-electron chi connectivity index (χ4n) is 2.92. The van der Waals surface area contributed by atoms with Gasteiger partial charge in [-0.2, -0.15) is 4.98 Å². The molecule has 0 atom stereocenters. The normalized spacial score (nSPS) is 10.5. The summed E-state index contributed by atoms with van der Waals surface area (Å²) in [6.07, 6.45) is 0. The van der Waals surface area contributed by atoms with Gasteiger partial charge in [0.25, 0.3) is 11.8 Å². The number of anilines is 1. The van der Waals surface area contributed by atoms with Gasteiger partial charge in [0.15, 0.2) is 13.2 Å². The number of nitrogens with zero attached hydrogens (tertiary/aromatic N) is 2. The van der Waals surface area contributed by atoms with Gasteiger partial charge in [-0.05, 0) is 42.8 Å². The maximum atomic E-state index is 12.2. The van der Waals surface area contributed by atoms with Crippen molar-refractivity contribution in [2.75, 3.05) is 11.9 Å². The molecule has 0 aliphatic heterocycles.